The van der Waals surface area contributed by atoms with Crippen LogP contribution in [0, 0.1) is 0 Å². The predicted octanol–water partition coefficient (Wildman–Crippen LogP) is 0.380. The summed E-state index contributed by atoms with van der Waals surface area (Å²) in [6.07, 6.45) is 3.11. The Morgan fingerprint density at radius 3 is 2.88 bits per heavy atom. The van der Waals surface area contributed by atoms with Crippen molar-refractivity contribution in [1.29, 1.82) is 0 Å². The van der Waals surface area contributed by atoms with Crippen molar-refractivity contribution in [1.82, 2.24) is 9.45 Å². The van der Waals surface area contributed by atoms with Gasteiger partial charge in [0.2, 0.25) is 0 Å². The van der Waals surface area contributed by atoms with Crippen LogP contribution in [-0.2, 0) is 14.9 Å². The van der Waals surface area contributed by atoms with E-state index in [1.165, 1.54) is 18.3 Å². The number of rotatable bonds is 2. The Morgan fingerprint density at radius 1 is 1.44 bits per heavy atom. The summed E-state index contributed by atoms with van der Waals surface area (Å²) in [5.74, 6) is -0.00308. The van der Waals surface area contributed by atoms with E-state index in [2.05, 4.69) is 4.98 Å². The number of nitrogen functional groups attached to an aromatic ring is 1. The predicted molar refractivity (Wildman–Crippen MR) is 57.7 cm³/mol. The molecule has 1 fully saturated rings. The lowest BCUT2D eigenvalue weighted by Crippen LogP contribution is -2.36. The molecule has 7 heteroatoms. The molecule has 2 heterocycles. The molecule has 1 saturated heterocycles. The zero-order chi connectivity index (χ0) is 11.6. The van der Waals surface area contributed by atoms with Crippen LogP contribution in [0.1, 0.15) is 12.8 Å². The molecule has 0 saturated carbocycles. The van der Waals surface area contributed by atoms with Crippen LogP contribution < -0.4 is 5.73 Å². The topological polar surface area (TPSA) is 85.5 Å². The van der Waals surface area contributed by atoms with E-state index in [0.29, 0.717) is 13.2 Å². The van der Waals surface area contributed by atoms with Crippen LogP contribution in [0.25, 0.3) is 0 Å². The molecule has 0 radical (unpaired) electrons. The highest BCUT2D eigenvalue weighted by molar-refractivity contribution is 7.89. The Labute approximate surface area is 94.0 Å². The SMILES string of the molecule is Nc1ncccc1S(=O)(=O)N1CCCCO1. The zero-order valence-electron chi connectivity index (χ0n) is 8.67. The van der Waals surface area contributed by atoms with Gasteiger partial charge in [-0.1, -0.05) is 4.47 Å². The molecule has 2 N–H and O–H groups in total. The lowest BCUT2D eigenvalue weighted by Gasteiger charge is -2.25. The molecule has 0 aromatic carbocycles. The van der Waals surface area contributed by atoms with Crippen molar-refractivity contribution in [2.45, 2.75) is 17.7 Å². The van der Waals surface area contributed by atoms with Gasteiger partial charge in [-0.3, -0.25) is 4.84 Å². The van der Waals surface area contributed by atoms with Gasteiger partial charge in [-0.2, -0.15) is 0 Å². The van der Waals surface area contributed by atoms with Crippen LogP contribution in [0.5, 0.6) is 0 Å². The zero-order valence-corrected chi connectivity index (χ0v) is 9.48. The maximum atomic E-state index is 12.1. The molecule has 0 amide bonds. The van der Waals surface area contributed by atoms with Crippen molar-refractivity contribution in [2.75, 3.05) is 18.9 Å². The molecule has 6 nitrogen and oxygen atoms in total. The van der Waals surface area contributed by atoms with Gasteiger partial charge >= 0.3 is 0 Å². The highest BCUT2D eigenvalue weighted by Crippen LogP contribution is 2.22. The van der Waals surface area contributed by atoms with E-state index >= 15 is 0 Å². The van der Waals surface area contributed by atoms with Crippen LogP contribution in [0.4, 0.5) is 5.82 Å². The van der Waals surface area contributed by atoms with Crippen molar-refractivity contribution in [3.63, 3.8) is 0 Å². The maximum Gasteiger partial charge on any atom is 0.268 e. The molecular formula is C9H13N3O3S. The average molecular weight is 243 g/mol. The van der Waals surface area contributed by atoms with E-state index in [-0.39, 0.29) is 10.7 Å². The quantitative estimate of drug-likeness (QED) is 0.811. The number of pyridine rings is 1. The van der Waals surface area contributed by atoms with Crippen molar-refractivity contribution in [2.24, 2.45) is 0 Å². The first kappa shape index (κ1) is 11.3. The summed E-state index contributed by atoms with van der Waals surface area (Å²) in [5, 5.41) is 0. The highest BCUT2D eigenvalue weighted by Gasteiger charge is 2.29. The minimum Gasteiger partial charge on any atom is -0.383 e. The average Bonchev–Trinajstić information content (AvgIpc) is 2.30. The number of nitrogens with two attached hydrogens (primary N) is 1. The van der Waals surface area contributed by atoms with Crippen LogP contribution in [0.2, 0.25) is 0 Å². The van der Waals surface area contributed by atoms with Gasteiger partial charge < -0.3 is 5.73 Å². The van der Waals surface area contributed by atoms with E-state index < -0.39 is 10.0 Å². The molecule has 1 aliphatic heterocycles. The van der Waals surface area contributed by atoms with E-state index in [4.69, 9.17) is 10.6 Å². The van der Waals surface area contributed by atoms with Crippen LogP contribution in [-0.4, -0.2) is 31.0 Å². The number of nitrogens with zero attached hydrogens (tertiary/aromatic N) is 2. The van der Waals surface area contributed by atoms with Gasteiger partial charge in [0, 0.05) is 12.7 Å². The molecule has 0 bridgehead atoms. The Kier molecular flexibility index (Phi) is 3.08. The first-order valence-electron chi connectivity index (χ1n) is 4.98. The van der Waals surface area contributed by atoms with Crippen molar-refractivity contribution in [3.8, 4) is 0 Å². The number of anilines is 1. The molecule has 1 aromatic rings. The summed E-state index contributed by atoms with van der Waals surface area (Å²) in [4.78, 5) is 8.87. The lowest BCUT2D eigenvalue weighted by atomic mass is 10.3. The smallest absolute Gasteiger partial charge is 0.268 e. The summed E-state index contributed by atoms with van der Waals surface area (Å²) in [5.41, 5.74) is 5.54. The summed E-state index contributed by atoms with van der Waals surface area (Å²) < 4.78 is 25.2. The fourth-order valence-corrected chi connectivity index (χ4v) is 2.86. The monoisotopic (exact) mass is 243 g/mol. The third-order valence-electron chi connectivity index (χ3n) is 2.32. The second-order valence-electron chi connectivity index (χ2n) is 3.46. The van der Waals surface area contributed by atoms with Gasteiger partial charge in [-0.15, -0.1) is 0 Å². The van der Waals surface area contributed by atoms with Crippen LogP contribution in [0.3, 0.4) is 0 Å². The molecule has 88 valence electrons. The first-order valence-corrected chi connectivity index (χ1v) is 6.42. The first-order chi connectivity index (χ1) is 7.62. The fraction of sp³-hybridized carbons (Fsp3) is 0.444. The highest BCUT2D eigenvalue weighted by atomic mass is 32.2. The van der Waals surface area contributed by atoms with Crippen molar-refractivity contribution >= 4 is 15.8 Å². The molecule has 2 rings (SSSR count). The third kappa shape index (κ3) is 2.01. The molecule has 16 heavy (non-hydrogen) atoms. The summed E-state index contributed by atoms with van der Waals surface area (Å²) in [7, 11) is -3.67. The van der Waals surface area contributed by atoms with Gasteiger partial charge in [0.1, 0.15) is 10.7 Å². The maximum absolute atomic E-state index is 12.1. The number of aromatic nitrogens is 1. The van der Waals surface area contributed by atoms with E-state index in [9.17, 15) is 8.42 Å². The second kappa shape index (κ2) is 4.36. The minimum atomic E-state index is -3.67. The van der Waals surface area contributed by atoms with E-state index in [0.717, 1.165) is 17.3 Å². The van der Waals surface area contributed by atoms with Crippen molar-refractivity contribution < 1.29 is 13.3 Å². The van der Waals surface area contributed by atoms with Crippen LogP contribution >= 0.6 is 0 Å². The minimum absolute atomic E-state index is 0.00287. The Morgan fingerprint density at radius 2 is 2.25 bits per heavy atom. The number of hydrogen-bond acceptors (Lipinski definition) is 5. The Hall–Kier alpha value is -1.18. The summed E-state index contributed by atoms with van der Waals surface area (Å²) >= 11 is 0. The van der Waals surface area contributed by atoms with Crippen molar-refractivity contribution in [3.05, 3.63) is 18.3 Å². The molecule has 0 spiro atoms. The normalized spacial score (nSPS) is 18.5. The van der Waals surface area contributed by atoms with Gasteiger partial charge in [-0.25, -0.2) is 13.4 Å². The lowest BCUT2D eigenvalue weighted by molar-refractivity contribution is -0.108. The molecule has 0 unspecified atom stereocenters. The summed E-state index contributed by atoms with van der Waals surface area (Å²) in [6.45, 7) is 0.774. The number of hydroxylamine groups is 1. The molecule has 1 aliphatic rings. The standard InChI is InChI=1S/C9H13N3O3S/c10-9-8(4-3-5-11-9)16(13,14)12-6-1-2-7-15-12/h3-5H,1-2,6-7H2,(H2,10,11). The van der Waals surface area contributed by atoms with Gasteiger partial charge in [0.25, 0.3) is 10.0 Å². The van der Waals surface area contributed by atoms with Gasteiger partial charge in [0.05, 0.1) is 6.61 Å². The van der Waals surface area contributed by atoms with Gasteiger partial charge in [0.15, 0.2) is 0 Å². The number of sulfonamides is 1. The Bertz CT molecular complexity index is 469. The summed E-state index contributed by atoms with van der Waals surface area (Å²) in [6, 6.07) is 2.96. The van der Waals surface area contributed by atoms with Crippen LogP contribution in [0.15, 0.2) is 23.2 Å². The largest absolute Gasteiger partial charge is 0.383 e. The second-order valence-corrected chi connectivity index (χ2v) is 5.26. The van der Waals surface area contributed by atoms with E-state index in [1.54, 1.807) is 0 Å². The Balaban J connectivity index is 2.35. The molecular weight excluding hydrogens is 230 g/mol. The number of hydrogen-bond donors (Lipinski definition) is 1. The fourth-order valence-electron chi connectivity index (χ4n) is 1.49. The molecule has 0 atom stereocenters. The third-order valence-corrected chi connectivity index (χ3v) is 4.04. The molecule has 1 aromatic heterocycles. The van der Waals surface area contributed by atoms with Gasteiger partial charge in [-0.05, 0) is 25.0 Å². The molecule has 0 aliphatic carbocycles. The van der Waals surface area contributed by atoms with E-state index in [1.807, 2.05) is 0 Å².